The quantitative estimate of drug-likeness (QED) is 0.0253. The van der Waals surface area contributed by atoms with Crippen molar-refractivity contribution in [1.82, 2.24) is 21.3 Å². The summed E-state index contributed by atoms with van der Waals surface area (Å²) in [7, 11) is 2.84. The zero-order chi connectivity index (χ0) is 58.9. The van der Waals surface area contributed by atoms with Gasteiger partial charge in [0, 0.05) is 65.8 Å². The van der Waals surface area contributed by atoms with Crippen molar-refractivity contribution >= 4 is 68.5 Å². The third-order valence-electron chi connectivity index (χ3n) is 13.1. The van der Waals surface area contributed by atoms with Crippen molar-refractivity contribution in [2.45, 2.75) is 180 Å². The molecule has 4 amide bonds. The van der Waals surface area contributed by atoms with Crippen LogP contribution >= 0.6 is 21.6 Å². The Hall–Kier alpha value is -2.52. The van der Waals surface area contributed by atoms with E-state index in [-0.39, 0.29) is 167 Å². The van der Waals surface area contributed by atoms with Crippen LogP contribution in [-0.2, 0) is 63.7 Å². The van der Waals surface area contributed by atoms with E-state index >= 15 is 0 Å². The van der Waals surface area contributed by atoms with Crippen molar-refractivity contribution in [1.29, 1.82) is 0 Å². The van der Waals surface area contributed by atoms with Crippen LogP contribution in [0.3, 0.4) is 0 Å². The summed E-state index contributed by atoms with van der Waals surface area (Å²) in [4.78, 5) is 97.4. The average Bonchev–Trinajstić information content (AvgIpc) is 3.43. The van der Waals surface area contributed by atoms with Gasteiger partial charge in [0.2, 0.25) is 23.6 Å². The van der Waals surface area contributed by atoms with Crippen LogP contribution in [0.4, 0.5) is 0 Å². The molecule has 0 radical (unpaired) electrons. The molecule has 20 nitrogen and oxygen atoms in total. The Labute approximate surface area is 536 Å². The normalized spacial score (nSPS) is 14.9. The summed E-state index contributed by atoms with van der Waals surface area (Å²) < 4.78 is 21.4. The summed E-state index contributed by atoms with van der Waals surface area (Å²) in [6.45, 7) is 6.27. The molecule has 0 spiro atoms. The fraction of sp³-hybridized carbons (Fsp3) is 0.759. The Morgan fingerprint density at radius 2 is 1.16 bits per heavy atom. The van der Waals surface area contributed by atoms with Crippen LogP contribution in [0.25, 0.3) is 5.73 Å². The number of aromatic hydroxyl groups is 1. The fourth-order valence-corrected chi connectivity index (χ4v) is 10.8. The minimum Gasteiger partial charge on any atom is -0.668 e. The Morgan fingerprint density at radius 1 is 0.654 bits per heavy atom. The number of ketones is 3. The molecule has 0 aliphatic carbocycles. The second-order valence-corrected chi connectivity index (χ2v) is 22.8. The molecule has 1 aliphatic heterocycles. The Bertz CT molecular complexity index is 1870. The molecule has 0 unspecified atom stereocenters. The molecule has 9 N–H and O–H groups in total. The Kier molecular flexibility index (Phi) is 52.5. The molecule has 0 saturated carbocycles. The molecule has 0 aromatic heterocycles. The van der Waals surface area contributed by atoms with Gasteiger partial charge in [-0.1, -0.05) is 144 Å². The van der Waals surface area contributed by atoms with Gasteiger partial charge in [-0.25, -0.2) is 0 Å². The second kappa shape index (κ2) is 54.2. The van der Waals surface area contributed by atoms with Gasteiger partial charge in [0.1, 0.15) is 24.7 Å². The summed E-state index contributed by atoms with van der Waals surface area (Å²) in [6, 6.07) is 4.59. The van der Waals surface area contributed by atoms with Crippen LogP contribution in [0, 0.1) is 11.8 Å². The molecule has 4 atom stereocenters. The summed E-state index contributed by atoms with van der Waals surface area (Å²) in [5.74, 6) is -3.29. The van der Waals surface area contributed by atoms with Crippen LogP contribution in [0.5, 0.6) is 5.75 Å². The predicted octanol–water partition coefficient (Wildman–Crippen LogP) is 5.13. The van der Waals surface area contributed by atoms with E-state index in [1.165, 1.54) is 117 Å². The molecule has 1 aromatic rings. The number of primary amides is 1. The maximum Gasteiger partial charge on any atom is 1.00 e. The predicted molar refractivity (Wildman–Crippen MR) is 320 cm³/mol. The van der Waals surface area contributed by atoms with Gasteiger partial charge in [-0.15, -0.1) is 0 Å². The number of nitrogens with two attached hydrogens (primary N) is 1. The fourth-order valence-electron chi connectivity index (χ4n) is 8.37. The van der Waals surface area contributed by atoms with Gasteiger partial charge in [-0.2, -0.15) is 0 Å². The van der Waals surface area contributed by atoms with Gasteiger partial charge in [-0.05, 0) is 62.0 Å². The van der Waals surface area contributed by atoms with Gasteiger partial charge in [0.25, 0.3) is 0 Å². The number of carbonyl (C=O) groups is 8. The number of amides is 4. The second-order valence-electron chi connectivity index (χ2n) is 20.2. The number of hydrogen-bond donors (Lipinski definition) is 7. The van der Waals surface area contributed by atoms with Gasteiger partial charge >= 0.3 is 57.4 Å². The molecule has 23 heteroatoms. The Morgan fingerprint density at radius 3 is 1.69 bits per heavy atom. The third-order valence-corrected chi connectivity index (χ3v) is 15.6. The molecule has 1 fully saturated rings. The number of nitrogens with one attached hydrogen (secondary N) is 5. The van der Waals surface area contributed by atoms with E-state index in [9.17, 15) is 43.5 Å². The molecule has 462 valence electrons. The van der Waals surface area contributed by atoms with E-state index in [4.69, 9.17) is 35.5 Å². The first-order valence-electron chi connectivity index (χ1n) is 29.3. The summed E-state index contributed by atoms with van der Waals surface area (Å²) in [5.41, 5.74) is 14.4. The number of unbranched alkanes of at least 4 members (excludes halogenated alkanes) is 15. The third kappa shape index (κ3) is 46.5. The van der Waals surface area contributed by atoms with E-state index in [0.29, 0.717) is 69.9 Å². The molecular formula is C58H103KN6O14S2. The maximum atomic E-state index is 13.6. The molecule has 2 rings (SSSR count). The number of phenolic OH excluding ortho intramolecular Hbond substituents is 1. The minimum atomic E-state index is -0.881. The smallest absolute Gasteiger partial charge is 0.668 e. The maximum absolute atomic E-state index is 13.6. The van der Waals surface area contributed by atoms with Crippen molar-refractivity contribution in [3.8, 4) is 5.75 Å². The first-order valence-corrected chi connectivity index (χ1v) is 31.8. The Balaban J connectivity index is -0.00000236. The monoisotopic (exact) mass is 1210 g/mol. The number of carboxylic acid groups (broad SMARTS) is 1. The number of hydrogen-bond acceptors (Lipinski definition) is 16. The first kappa shape index (κ1) is 78.5. The SMILES string of the molecule is CCCC(=O)NCCOCCOCC(=O)NCCOCCOCC(=O)NCCCC[C@H](NCC(=O)[C@@H]1CSSC[C@H]([NH-])C(=O)C1)C(=O)C[C@@H](Cc1ccc(O)cc1)C(N)=O.CCCCCCCCCCCCCCCCCC(=O)O.[HH].[HH].[K+]. The number of benzene rings is 1. The number of phenols is 1. The summed E-state index contributed by atoms with van der Waals surface area (Å²) >= 11 is 0. The largest absolute Gasteiger partial charge is 1.00 e. The topological polar surface area (TPSA) is 312 Å². The number of rotatable bonds is 49. The van der Waals surface area contributed by atoms with Crippen LogP contribution in [0.2, 0.25) is 0 Å². The number of carbonyl (C=O) groups excluding carboxylic acids is 7. The molecule has 1 heterocycles. The van der Waals surface area contributed by atoms with Crippen molar-refractivity contribution in [3.05, 3.63) is 35.6 Å². The van der Waals surface area contributed by atoms with Crippen LogP contribution in [-0.4, -0.2) is 160 Å². The molecule has 1 saturated heterocycles. The van der Waals surface area contributed by atoms with Crippen molar-refractivity contribution in [3.63, 3.8) is 0 Å². The van der Waals surface area contributed by atoms with E-state index in [1.54, 1.807) is 12.1 Å². The molecule has 0 bridgehead atoms. The average molecular weight is 1210 g/mol. The van der Waals surface area contributed by atoms with Gasteiger partial charge < -0.3 is 66.7 Å². The van der Waals surface area contributed by atoms with E-state index in [2.05, 4.69) is 28.2 Å². The van der Waals surface area contributed by atoms with Crippen LogP contribution in [0.1, 0.15) is 170 Å². The number of Topliss-reactive ketones (excluding diaryl/α,β-unsaturated/α-hetero) is 3. The molecule has 1 aliphatic rings. The van der Waals surface area contributed by atoms with Crippen LogP contribution in [0.15, 0.2) is 24.3 Å². The van der Waals surface area contributed by atoms with Crippen LogP contribution < -0.4 is 78.4 Å². The van der Waals surface area contributed by atoms with Crippen molar-refractivity contribution in [2.24, 2.45) is 17.6 Å². The van der Waals surface area contributed by atoms with Gasteiger partial charge in [0.15, 0.2) is 11.6 Å². The summed E-state index contributed by atoms with van der Waals surface area (Å²) in [5, 5.41) is 29.4. The first-order chi connectivity index (χ1) is 38.7. The van der Waals surface area contributed by atoms with E-state index in [1.807, 2.05) is 6.92 Å². The zero-order valence-corrected chi connectivity index (χ0v) is 53.9. The number of carboxylic acids is 1. The number of ether oxygens (including phenoxy) is 4. The van der Waals surface area contributed by atoms with Gasteiger partial charge in [0.05, 0.1) is 52.2 Å². The van der Waals surface area contributed by atoms with E-state index in [0.717, 1.165) is 24.8 Å². The number of aliphatic carboxylic acids is 1. The van der Waals surface area contributed by atoms with Gasteiger partial charge in [-0.3, -0.25) is 33.6 Å². The molecule has 81 heavy (non-hydrogen) atoms. The molecular weight excluding hydrogens is 1110 g/mol. The summed E-state index contributed by atoms with van der Waals surface area (Å²) in [6.07, 6.45) is 22.8. The van der Waals surface area contributed by atoms with Crippen molar-refractivity contribution < 1.29 is 122 Å². The standard InChI is InChI=1S/C40H63N6O12S2.C18H36O2.K.2H2/c1-2-5-37(51)44-12-14-55-16-19-58-25-39(53)45-13-15-56-17-18-57-24-38(52)43-11-4-3-6-33(46-23-36(50)30-22-34(48)32(41)27-60-59-26-30)35(49)21-29(40(42)54)20-28-7-9-31(47)10-8-28;1-2-3-4-5-6-7-8-9-10-11-12-13-14-15-16-17-18(19)20;;;/h7-10,29-30,32-33,41,46-47H,2-6,11-27H2,1H3,(H2,42,54)(H,43,52)(H,44,51)(H,45,53);2-17H2,1H3,(H,19,20);;2*1H/q-1;;+1;;/t29-,30+,32+,33+;;;;/m1..../s1. The zero-order valence-electron chi connectivity index (χ0n) is 49.2. The van der Waals surface area contributed by atoms with E-state index < -0.39 is 35.8 Å². The molecule has 1 aromatic carbocycles. The minimum absolute atomic E-state index is 0. The van der Waals surface area contributed by atoms with Crippen molar-refractivity contribution in [2.75, 3.05) is 90.5 Å².